The van der Waals surface area contributed by atoms with E-state index in [4.69, 9.17) is 4.42 Å². The molecule has 5 heteroatoms. The highest BCUT2D eigenvalue weighted by atomic mass is 16.3. The standard InChI is InChI=1S/C11H13N3O2/c1-7-14-9-5-8(3-4-10(9)16-7)6-13-11(15)12-2/h3-5H,6H2,1-2H3,(H2,12,13,15). The summed E-state index contributed by atoms with van der Waals surface area (Å²) in [4.78, 5) is 15.2. The zero-order chi connectivity index (χ0) is 11.5. The van der Waals surface area contributed by atoms with Crippen LogP contribution in [-0.2, 0) is 6.54 Å². The zero-order valence-electron chi connectivity index (χ0n) is 9.20. The van der Waals surface area contributed by atoms with Crippen LogP contribution in [-0.4, -0.2) is 18.1 Å². The van der Waals surface area contributed by atoms with E-state index in [2.05, 4.69) is 15.6 Å². The van der Waals surface area contributed by atoms with Crippen molar-refractivity contribution in [3.05, 3.63) is 29.7 Å². The van der Waals surface area contributed by atoms with Crippen LogP contribution in [0.1, 0.15) is 11.5 Å². The third-order valence-corrected chi connectivity index (χ3v) is 2.24. The number of aryl methyl sites for hydroxylation is 1. The normalized spacial score (nSPS) is 10.4. The van der Waals surface area contributed by atoms with Gasteiger partial charge in [0.05, 0.1) is 0 Å². The largest absolute Gasteiger partial charge is 0.441 e. The lowest BCUT2D eigenvalue weighted by Gasteiger charge is -2.03. The molecule has 0 radical (unpaired) electrons. The lowest BCUT2D eigenvalue weighted by molar-refractivity contribution is 0.242. The minimum absolute atomic E-state index is 0.198. The van der Waals surface area contributed by atoms with E-state index in [0.29, 0.717) is 12.4 Å². The third-order valence-electron chi connectivity index (χ3n) is 2.24. The molecule has 0 fully saturated rings. The minimum atomic E-state index is -0.198. The van der Waals surface area contributed by atoms with Gasteiger partial charge in [-0.2, -0.15) is 0 Å². The van der Waals surface area contributed by atoms with Crippen LogP contribution in [0.4, 0.5) is 4.79 Å². The molecule has 0 aliphatic rings. The molecule has 0 aliphatic carbocycles. The number of hydrogen-bond donors (Lipinski definition) is 2. The number of urea groups is 1. The number of aromatic nitrogens is 1. The molecule has 2 N–H and O–H groups in total. The van der Waals surface area contributed by atoms with E-state index in [-0.39, 0.29) is 6.03 Å². The zero-order valence-corrected chi connectivity index (χ0v) is 9.20. The Morgan fingerprint density at radius 3 is 3.06 bits per heavy atom. The Morgan fingerprint density at radius 2 is 2.31 bits per heavy atom. The number of fused-ring (bicyclic) bond motifs is 1. The summed E-state index contributed by atoms with van der Waals surface area (Å²) in [5.74, 6) is 0.645. The monoisotopic (exact) mass is 219 g/mol. The summed E-state index contributed by atoms with van der Waals surface area (Å²) in [5.41, 5.74) is 2.57. The van der Waals surface area contributed by atoms with Gasteiger partial charge in [-0.1, -0.05) is 6.07 Å². The average molecular weight is 219 g/mol. The second kappa shape index (κ2) is 4.22. The Balaban J connectivity index is 2.16. The maximum Gasteiger partial charge on any atom is 0.314 e. The predicted octanol–water partition coefficient (Wildman–Crippen LogP) is 1.57. The number of nitrogens with one attached hydrogen (secondary N) is 2. The third kappa shape index (κ3) is 2.13. The van der Waals surface area contributed by atoms with Gasteiger partial charge in [0, 0.05) is 20.5 Å². The van der Waals surface area contributed by atoms with Crippen molar-refractivity contribution in [2.45, 2.75) is 13.5 Å². The van der Waals surface area contributed by atoms with Crippen LogP contribution in [0.15, 0.2) is 22.6 Å². The molecule has 0 unspecified atom stereocenters. The van der Waals surface area contributed by atoms with Crippen LogP contribution in [0, 0.1) is 6.92 Å². The molecule has 0 aliphatic heterocycles. The summed E-state index contributed by atoms with van der Waals surface area (Å²) in [6.07, 6.45) is 0. The van der Waals surface area contributed by atoms with Gasteiger partial charge in [-0.3, -0.25) is 0 Å². The highest BCUT2D eigenvalue weighted by Gasteiger charge is 2.03. The van der Waals surface area contributed by atoms with Crippen LogP contribution in [0.2, 0.25) is 0 Å². The van der Waals surface area contributed by atoms with Crippen LogP contribution in [0.5, 0.6) is 0 Å². The van der Waals surface area contributed by atoms with E-state index in [1.165, 1.54) is 0 Å². The number of nitrogens with zero attached hydrogens (tertiary/aromatic N) is 1. The molecule has 0 bridgehead atoms. The highest BCUT2D eigenvalue weighted by Crippen LogP contribution is 2.16. The minimum Gasteiger partial charge on any atom is -0.441 e. The summed E-state index contributed by atoms with van der Waals surface area (Å²) in [6, 6.07) is 5.47. The Hall–Kier alpha value is -2.04. The van der Waals surface area contributed by atoms with Crippen LogP contribution in [0.25, 0.3) is 11.1 Å². The Bertz CT molecular complexity index is 519. The van der Waals surface area contributed by atoms with E-state index in [1.807, 2.05) is 25.1 Å². The number of benzene rings is 1. The van der Waals surface area contributed by atoms with Gasteiger partial charge in [-0.05, 0) is 17.7 Å². The second-order valence-electron chi connectivity index (χ2n) is 3.47. The number of carbonyl (C=O) groups excluding carboxylic acids is 1. The van der Waals surface area contributed by atoms with Gasteiger partial charge in [0.1, 0.15) is 5.52 Å². The van der Waals surface area contributed by atoms with Crippen molar-refractivity contribution in [1.29, 1.82) is 0 Å². The molecule has 2 aromatic rings. The topological polar surface area (TPSA) is 67.2 Å². The maximum absolute atomic E-state index is 11.0. The Labute approximate surface area is 92.8 Å². The van der Waals surface area contributed by atoms with Crippen LogP contribution >= 0.6 is 0 Å². The number of amides is 2. The second-order valence-corrected chi connectivity index (χ2v) is 3.47. The van der Waals surface area contributed by atoms with E-state index in [0.717, 1.165) is 16.7 Å². The lowest BCUT2D eigenvalue weighted by atomic mass is 10.2. The predicted molar refractivity (Wildman–Crippen MR) is 60.0 cm³/mol. The molecular weight excluding hydrogens is 206 g/mol. The number of rotatable bonds is 2. The summed E-state index contributed by atoms with van der Waals surface area (Å²) in [6.45, 7) is 2.28. The van der Waals surface area contributed by atoms with Crippen molar-refractivity contribution in [2.75, 3.05) is 7.05 Å². The fourth-order valence-corrected chi connectivity index (χ4v) is 1.47. The molecule has 1 aromatic carbocycles. The molecule has 0 spiro atoms. The van der Waals surface area contributed by atoms with Crippen LogP contribution in [0.3, 0.4) is 0 Å². The molecule has 0 atom stereocenters. The van der Waals surface area contributed by atoms with Crippen molar-refractivity contribution in [3.63, 3.8) is 0 Å². The summed E-state index contributed by atoms with van der Waals surface area (Å²) in [7, 11) is 1.58. The summed E-state index contributed by atoms with van der Waals surface area (Å²) < 4.78 is 5.36. The summed E-state index contributed by atoms with van der Waals surface area (Å²) in [5, 5.41) is 5.20. The number of carbonyl (C=O) groups is 1. The maximum atomic E-state index is 11.0. The van der Waals surface area contributed by atoms with Gasteiger partial charge in [0.25, 0.3) is 0 Å². The molecule has 1 heterocycles. The van der Waals surface area contributed by atoms with Gasteiger partial charge < -0.3 is 15.1 Å². The molecule has 0 saturated carbocycles. The fraction of sp³-hybridized carbons (Fsp3) is 0.273. The van der Waals surface area contributed by atoms with Crippen molar-refractivity contribution in [2.24, 2.45) is 0 Å². The van der Waals surface area contributed by atoms with E-state index in [1.54, 1.807) is 7.05 Å². The fourth-order valence-electron chi connectivity index (χ4n) is 1.47. The molecular formula is C11H13N3O2. The lowest BCUT2D eigenvalue weighted by Crippen LogP contribution is -2.32. The average Bonchev–Trinajstić information content (AvgIpc) is 2.65. The van der Waals surface area contributed by atoms with E-state index >= 15 is 0 Å². The van der Waals surface area contributed by atoms with E-state index in [9.17, 15) is 4.79 Å². The number of hydrogen-bond acceptors (Lipinski definition) is 3. The first-order valence-electron chi connectivity index (χ1n) is 5.00. The molecule has 2 amide bonds. The Morgan fingerprint density at radius 1 is 1.50 bits per heavy atom. The van der Waals surface area contributed by atoms with Crippen molar-refractivity contribution in [1.82, 2.24) is 15.6 Å². The SMILES string of the molecule is CNC(=O)NCc1ccc2oc(C)nc2c1. The number of oxazole rings is 1. The molecule has 2 rings (SSSR count). The smallest absolute Gasteiger partial charge is 0.314 e. The van der Waals surface area contributed by atoms with Gasteiger partial charge in [0.15, 0.2) is 11.5 Å². The highest BCUT2D eigenvalue weighted by molar-refractivity contribution is 5.75. The van der Waals surface area contributed by atoms with E-state index < -0.39 is 0 Å². The van der Waals surface area contributed by atoms with Gasteiger partial charge in [-0.15, -0.1) is 0 Å². The van der Waals surface area contributed by atoms with Crippen molar-refractivity contribution in [3.8, 4) is 0 Å². The van der Waals surface area contributed by atoms with Crippen molar-refractivity contribution < 1.29 is 9.21 Å². The molecule has 0 saturated heterocycles. The molecule has 5 nitrogen and oxygen atoms in total. The molecule has 16 heavy (non-hydrogen) atoms. The first-order chi connectivity index (χ1) is 7.69. The first kappa shape index (κ1) is 10.5. The summed E-state index contributed by atoms with van der Waals surface area (Å²) >= 11 is 0. The first-order valence-corrected chi connectivity index (χ1v) is 5.00. The quantitative estimate of drug-likeness (QED) is 0.805. The van der Waals surface area contributed by atoms with Crippen LogP contribution < -0.4 is 10.6 Å². The van der Waals surface area contributed by atoms with Crippen molar-refractivity contribution >= 4 is 17.1 Å². The van der Waals surface area contributed by atoms with Gasteiger partial charge >= 0.3 is 6.03 Å². The Kier molecular flexibility index (Phi) is 2.76. The molecule has 84 valence electrons. The molecule has 1 aromatic heterocycles. The van der Waals surface area contributed by atoms with Gasteiger partial charge in [0.2, 0.25) is 0 Å². The van der Waals surface area contributed by atoms with Gasteiger partial charge in [-0.25, -0.2) is 9.78 Å².